The average Bonchev–Trinajstić information content (AvgIpc) is 1.52. The van der Waals surface area contributed by atoms with Crippen molar-refractivity contribution in [1.29, 1.82) is 0 Å². The molecule has 594 valence electrons. The van der Waals surface area contributed by atoms with E-state index in [1.165, 1.54) is 22.3 Å². The second kappa shape index (κ2) is 38.6. The summed E-state index contributed by atoms with van der Waals surface area (Å²) in [5, 5.41) is 12.1. The molecule has 4 N–H and O–H groups in total. The lowest BCUT2D eigenvalue weighted by Crippen LogP contribution is -2.69. The third-order valence-corrected chi connectivity index (χ3v) is 24.5. The van der Waals surface area contributed by atoms with E-state index in [1.54, 1.807) is 0 Å². The van der Waals surface area contributed by atoms with Gasteiger partial charge in [-0.3, -0.25) is 38.6 Å². The Morgan fingerprint density at radius 2 is 0.750 bits per heavy atom. The van der Waals surface area contributed by atoms with Crippen LogP contribution in [0.1, 0.15) is 101 Å². The van der Waals surface area contributed by atoms with E-state index < -0.39 is 0 Å². The van der Waals surface area contributed by atoms with Crippen molar-refractivity contribution in [2.75, 3.05) is 231 Å². The number of piperidine rings is 4. The normalized spacial score (nSPS) is 27.6. The van der Waals surface area contributed by atoms with Crippen LogP contribution >= 0.6 is 0 Å². The average molecular weight is 1510 g/mol. The molecule has 2 aliphatic carbocycles. The van der Waals surface area contributed by atoms with Gasteiger partial charge in [-0.05, 0) is 124 Å². The number of benzene rings is 2. The number of hydrogen-bond donors (Lipinski definition) is 4. The maximum Gasteiger partial charge on any atom is 0.229 e. The fourth-order valence-corrected chi connectivity index (χ4v) is 20.0. The van der Waals surface area contributed by atoms with E-state index in [4.69, 9.17) is 66.3 Å². The minimum Gasteiger partial charge on any atom is -0.379 e. The Labute approximate surface area is 634 Å². The lowest BCUT2D eigenvalue weighted by atomic mass is 9.53. The van der Waals surface area contributed by atoms with Crippen LogP contribution in [0.3, 0.4) is 0 Å². The number of unbranched alkanes of at least 4 members (excludes halogenated alkanes) is 2. The lowest BCUT2D eigenvalue weighted by Gasteiger charge is -2.58. The zero-order valence-corrected chi connectivity index (χ0v) is 62.9. The van der Waals surface area contributed by atoms with Crippen molar-refractivity contribution < 1.29 is 95.1 Å². The van der Waals surface area contributed by atoms with Gasteiger partial charge in [0.25, 0.3) is 0 Å². The van der Waals surface area contributed by atoms with E-state index >= 15 is 0 Å². The Hall–Kier alpha value is -5.90. The van der Waals surface area contributed by atoms with Crippen LogP contribution in [0.4, 0.5) is 22.7 Å². The fraction of sp³-hybridized carbons (Fsp3) is 0.725. The molecule has 2 saturated carbocycles. The SMILES string of the molecule is O=C(CCOCCOCCOCCOCCOCCOCCOCCOCCOCCOCCOCCOCCC(=O)NCCCCC(=O)Nc1ccc2c(c1)[C@@]13CCN4CC5=CCO[C@H]6CC(=O)N2[C@H]1[C@H]6[C@H]5C[C@H]43)NCCCCC(=O)Nc1ccc2c(c1)[C@@]13CCN4CC5=CCO[C@H]6CC(=O)N2[C@H]1[C@H]6[C@H]5C[C@H]43. The number of hydrogen-bond acceptors (Lipinski definition) is 22. The molecule has 28 heteroatoms. The summed E-state index contributed by atoms with van der Waals surface area (Å²) in [6, 6.07) is 13.2. The predicted molar refractivity (Wildman–Crippen MR) is 397 cm³/mol. The van der Waals surface area contributed by atoms with Gasteiger partial charge in [0.15, 0.2) is 0 Å². The molecule has 28 nitrogen and oxygen atoms in total. The molecule has 12 aliphatic rings. The number of rotatable bonds is 51. The van der Waals surface area contributed by atoms with Crippen molar-refractivity contribution in [3.63, 3.8) is 0 Å². The van der Waals surface area contributed by atoms with Crippen molar-refractivity contribution >= 4 is 58.2 Å². The minimum atomic E-state index is -0.150. The van der Waals surface area contributed by atoms with Gasteiger partial charge in [-0.25, -0.2) is 0 Å². The van der Waals surface area contributed by atoms with Crippen LogP contribution in [-0.4, -0.2) is 293 Å². The molecule has 6 saturated heterocycles. The van der Waals surface area contributed by atoms with Crippen LogP contribution in [0.2, 0.25) is 0 Å². The molecular weight excluding hydrogens is 1390 g/mol. The van der Waals surface area contributed by atoms with Crippen LogP contribution in [0, 0.1) is 23.7 Å². The number of carbonyl (C=O) groups is 6. The molecule has 2 aromatic carbocycles. The molecule has 6 amide bonds. The molecule has 0 radical (unpaired) electrons. The van der Waals surface area contributed by atoms with Crippen molar-refractivity contribution in [2.24, 2.45) is 23.7 Å². The zero-order valence-electron chi connectivity index (χ0n) is 62.9. The topological polar surface area (TPSA) is 293 Å². The summed E-state index contributed by atoms with van der Waals surface area (Å²) in [6.07, 6.45) is 13.4. The molecule has 10 heterocycles. The molecule has 2 spiro atoms. The van der Waals surface area contributed by atoms with E-state index in [1.807, 2.05) is 12.1 Å². The van der Waals surface area contributed by atoms with Gasteiger partial charge in [0, 0.05) is 109 Å². The molecule has 0 unspecified atom stereocenters. The van der Waals surface area contributed by atoms with Crippen LogP contribution < -0.4 is 31.1 Å². The summed E-state index contributed by atoms with van der Waals surface area (Å²) in [5.41, 5.74) is 8.70. The van der Waals surface area contributed by atoms with Gasteiger partial charge in [0.05, 0.1) is 209 Å². The maximum absolute atomic E-state index is 13.8. The molecule has 0 aromatic heterocycles. The van der Waals surface area contributed by atoms with Gasteiger partial charge in [0.1, 0.15) is 0 Å². The van der Waals surface area contributed by atoms with Gasteiger partial charge in [-0.15, -0.1) is 0 Å². The highest BCUT2D eigenvalue weighted by molar-refractivity contribution is 6.02. The standard InChI is InChI=1S/C80H114N8O20/c89-69(81-17-3-1-5-71(91)83-57-7-9-63-61(47-57)79-15-19-85-53-55-11-23-107-65-51-73(93)87(63)77(79)75(65)59(55)49-67(79)85)13-21-95-25-27-97-29-31-99-33-35-101-37-39-103-41-43-105-45-46-106-44-42-104-40-38-102-36-34-100-32-30-98-28-26-96-22-14-70(90)82-18-4-2-6-72(92)84-58-8-10-64-62(48-58)80-16-20-86-54-56-12-24-108-66-52-74(94)88(64)78(80)76(66)60(56)50-68(80)86/h7-12,47-48,59-60,65-68,75-78H,1-6,13-46,49-54H2,(H,81,89)(H,82,90)(H,83,91)(H,84,92)/t59-,60-,65-,66-,67-,68-,75-,76-,77-,78-,79+,80+/m0/s1. The smallest absolute Gasteiger partial charge is 0.229 e. The third kappa shape index (κ3) is 18.1. The number of nitrogens with one attached hydrogen (secondary N) is 4. The van der Waals surface area contributed by atoms with Crippen LogP contribution in [0.25, 0.3) is 0 Å². The number of ether oxygens (including phenoxy) is 14. The highest BCUT2D eigenvalue weighted by atomic mass is 16.6. The Kier molecular flexibility index (Phi) is 28.1. The van der Waals surface area contributed by atoms with Crippen LogP contribution in [0.5, 0.6) is 0 Å². The molecule has 12 atom stereocenters. The minimum absolute atomic E-state index is 0.0464. The van der Waals surface area contributed by atoms with Gasteiger partial charge in [-0.2, -0.15) is 0 Å². The summed E-state index contributed by atoms with van der Waals surface area (Å²) in [4.78, 5) is 88.2. The molecule has 8 fully saturated rings. The summed E-state index contributed by atoms with van der Waals surface area (Å²) in [5.74, 6) is 1.51. The van der Waals surface area contributed by atoms with Gasteiger partial charge < -0.3 is 97.4 Å². The first-order valence-electron chi connectivity index (χ1n) is 40.2. The second-order valence-electron chi connectivity index (χ2n) is 30.5. The number of nitrogens with zero attached hydrogens (tertiary/aromatic N) is 4. The number of amides is 6. The Balaban J connectivity index is 0.325. The largest absolute Gasteiger partial charge is 0.379 e. The summed E-state index contributed by atoms with van der Waals surface area (Å²) in [7, 11) is 0. The summed E-state index contributed by atoms with van der Waals surface area (Å²) >= 11 is 0. The van der Waals surface area contributed by atoms with E-state index in [2.05, 4.69) is 77.3 Å². The van der Waals surface area contributed by atoms with Crippen molar-refractivity contribution in [3.05, 3.63) is 70.8 Å². The highest BCUT2D eigenvalue weighted by Crippen LogP contribution is 2.68. The highest BCUT2D eigenvalue weighted by Gasteiger charge is 2.73. The molecule has 14 rings (SSSR count). The zero-order chi connectivity index (χ0) is 74.1. The van der Waals surface area contributed by atoms with Crippen LogP contribution in [0.15, 0.2) is 59.7 Å². The Morgan fingerprint density at radius 1 is 0.417 bits per heavy atom. The van der Waals surface area contributed by atoms with Gasteiger partial charge >= 0.3 is 0 Å². The number of anilines is 4. The lowest BCUT2D eigenvalue weighted by molar-refractivity contribution is -0.133. The fourth-order valence-electron chi connectivity index (χ4n) is 20.0. The van der Waals surface area contributed by atoms with Crippen molar-refractivity contribution in [2.45, 2.75) is 137 Å². The Bertz CT molecular complexity index is 3240. The summed E-state index contributed by atoms with van der Waals surface area (Å²) in [6.45, 7) is 16.4. The molecule has 10 aliphatic heterocycles. The second-order valence-corrected chi connectivity index (χ2v) is 30.5. The molecule has 108 heavy (non-hydrogen) atoms. The monoisotopic (exact) mass is 1510 g/mol. The number of fused-ring (bicyclic) bond motifs is 4. The predicted octanol–water partition coefficient (Wildman–Crippen LogP) is 4.63. The third-order valence-electron chi connectivity index (χ3n) is 24.5. The van der Waals surface area contributed by atoms with Crippen LogP contribution in [-0.2, 0) is 106 Å². The molecular formula is C80H114N8O20. The first kappa shape index (κ1) is 78.8. The van der Waals surface area contributed by atoms with E-state index in [0.717, 1.165) is 74.6 Å². The first-order chi connectivity index (χ1) is 53.1. The summed E-state index contributed by atoms with van der Waals surface area (Å²) < 4.78 is 79.6. The van der Waals surface area contributed by atoms with Crippen molar-refractivity contribution in [3.8, 4) is 0 Å². The van der Waals surface area contributed by atoms with Crippen molar-refractivity contribution in [1.82, 2.24) is 20.4 Å². The first-order valence-corrected chi connectivity index (χ1v) is 40.2. The number of carbonyl (C=O) groups excluding carboxylic acids is 6. The van der Waals surface area contributed by atoms with Gasteiger partial charge in [0.2, 0.25) is 35.4 Å². The molecule has 4 bridgehead atoms. The van der Waals surface area contributed by atoms with E-state index in [9.17, 15) is 28.8 Å². The van der Waals surface area contributed by atoms with Gasteiger partial charge in [-0.1, -0.05) is 23.3 Å². The van der Waals surface area contributed by atoms with E-state index in [-0.39, 0.29) is 83.4 Å². The van der Waals surface area contributed by atoms with E-state index in [0.29, 0.717) is 272 Å². The molecule has 2 aromatic rings. The Morgan fingerprint density at radius 3 is 1.09 bits per heavy atom. The quantitative estimate of drug-likeness (QED) is 0.0519. The maximum atomic E-state index is 13.8.